The van der Waals surface area contributed by atoms with Gasteiger partial charge in [-0.15, -0.1) is 0 Å². The van der Waals surface area contributed by atoms with Gasteiger partial charge in [0.15, 0.2) is 0 Å². The Kier molecular flexibility index (Phi) is 8.01. The van der Waals surface area contributed by atoms with Gasteiger partial charge in [0.25, 0.3) is 5.91 Å². The van der Waals surface area contributed by atoms with Crippen molar-refractivity contribution in [3.05, 3.63) is 77.0 Å². The van der Waals surface area contributed by atoms with Gasteiger partial charge in [-0.2, -0.15) is 10.4 Å². The highest BCUT2D eigenvalue weighted by Crippen LogP contribution is 2.21. The first kappa shape index (κ1) is 23.0. The minimum Gasteiger partial charge on any atom is -0.382 e. The molecule has 32 heavy (non-hydrogen) atoms. The second-order valence-corrected chi connectivity index (χ2v) is 7.58. The van der Waals surface area contributed by atoms with Crippen LogP contribution in [-0.2, 0) is 13.0 Å². The second kappa shape index (κ2) is 11.1. The van der Waals surface area contributed by atoms with Gasteiger partial charge in [0.2, 0.25) is 0 Å². The first-order valence-electron chi connectivity index (χ1n) is 11.0. The highest BCUT2D eigenvalue weighted by molar-refractivity contribution is 5.94. The number of nitrogens with two attached hydrogens (primary N) is 1. The van der Waals surface area contributed by atoms with Crippen LogP contribution in [0.3, 0.4) is 0 Å². The van der Waals surface area contributed by atoms with Gasteiger partial charge in [0.1, 0.15) is 17.5 Å². The number of nitrogens with zero attached hydrogens (tertiary/aromatic N) is 4. The molecule has 3 rings (SSSR count). The van der Waals surface area contributed by atoms with E-state index in [1.54, 1.807) is 4.68 Å². The van der Waals surface area contributed by atoms with Crippen LogP contribution in [0, 0.1) is 11.3 Å². The molecule has 0 unspecified atom stereocenters. The number of para-hydroxylation sites is 1. The molecular formula is C25H30N6O. The molecule has 0 fully saturated rings. The number of benzene rings is 2. The quantitative estimate of drug-likeness (QED) is 0.479. The summed E-state index contributed by atoms with van der Waals surface area (Å²) < 4.78 is 1.59. The summed E-state index contributed by atoms with van der Waals surface area (Å²) in [7, 11) is 0. The maximum absolute atomic E-state index is 12.5. The number of anilines is 1. The molecule has 0 spiro atoms. The van der Waals surface area contributed by atoms with E-state index in [0.29, 0.717) is 42.0 Å². The number of nitriles is 1. The van der Waals surface area contributed by atoms with Crippen molar-refractivity contribution < 1.29 is 4.79 Å². The van der Waals surface area contributed by atoms with E-state index in [9.17, 15) is 10.1 Å². The number of aromatic nitrogens is 2. The molecule has 0 aliphatic heterocycles. The Balaban J connectivity index is 1.54. The van der Waals surface area contributed by atoms with Crippen molar-refractivity contribution in [2.75, 3.05) is 25.4 Å². The molecule has 1 amide bonds. The first-order chi connectivity index (χ1) is 15.6. The number of hydrogen-bond acceptors (Lipinski definition) is 5. The average Bonchev–Trinajstić information content (AvgIpc) is 3.16. The number of carbonyl (C=O) groups is 1. The van der Waals surface area contributed by atoms with Crippen molar-refractivity contribution in [3.8, 4) is 11.8 Å². The molecule has 0 atom stereocenters. The van der Waals surface area contributed by atoms with Gasteiger partial charge >= 0.3 is 0 Å². The van der Waals surface area contributed by atoms with E-state index in [2.05, 4.69) is 35.2 Å². The number of carbonyl (C=O) groups excluding carboxylic acids is 1. The summed E-state index contributed by atoms with van der Waals surface area (Å²) in [6.45, 7) is 7.66. The van der Waals surface area contributed by atoms with Crippen LogP contribution in [0.4, 0.5) is 5.82 Å². The summed E-state index contributed by atoms with van der Waals surface area (Å²) >= 11 is 0. The largest absolute Gasteiger partial charge is 0.382 e. The van der Waals surface area contributed by atoms with Gasteiger partial charge in [-0.3, -0.25) is 9.69 Å². The van der Waals surface area contributed by atoms with Gasteiger partial charge in [0.05, 0.1) is 11.4 Å². The number of aryl methyl sites for hydroxylation is 1. The molecule has 0 aliphatic carbocycles. The lowest BCUT2D eigenvalue weighted by Crippen LogP contribution is -2.25. The number of hydrogen-bond donors (Lipinski definition) is 2. The number of amides is 1. The fraction of sp³-hybridized carbons (Fsp3) is 0.320. The molecule has 1 aromatic heterocycles. The third kappa shape index (κ3) is 5.54. The Morgan fingerprint density at radius 3 is 2.44 bits per heavy atom. The zero-order valence-corrected chi connectivity index (χ0v) is 18.7. The molecule has 0 saturated carbocycles. The number of nitrogen functional groups attached to an aromatic ring is 1. The standard InChI is InChI=1S/C25H30N6O/c1-3-30(4-2)18-19-12-14-20(15-13-19)25(32)28-16-8-11-23-22(17-26)24(27)31(29-23)21-9-6-5-7-10-21/h5-7,9-10,12-15H,3-4,8,11,16,18,27H2,1-2H3,(H,28,32). The molecule has 7 nitrogen and oxygen atoms in total. The smallest absolute Gasteiger partial charge is 0.251 e. The Labute approximate surface area is 189 Å². The molecular weight excluding hydrogens is 400 g/mol. The van der Waals surface area contributed by atoms with Gasteiger partial charge in [-0.1, -0.05) is 44.2 Å². The van der Waals surface area contributed by atoms with Crippen molar-refractivity contribution in [2.45, 2.75) is 33.2 Å². The van der Waals surface area contributed by atoms with Crippen LogP contribution in [0.1, 0.15) is 47.4 Å². The molecule has 2 aromatic carbocycles. The lowest BCUT2D eigenvalue weighted by molar-refractivity contribution is 0.0953. The average molecular weight is 431 g/mol. The van der Waals surface area contributed by atoms with Crippen LogP contribution < -0.4 is 11.1 Å². The molecule has 3 aromatic rings. The second-order valence-electron chi connectivity index (χ2n) is 7.58. The van der Waals surface area contributed by atoms with Gasteiger partial charge in [0, 0.05) is 18.7 Å². The van der Waals surface area contributed by atoms with E-state index in [-0.39, 0.29) is 5.91 Å². The van der Waals surface area contributed by atoms with E-state index in [0.717, 1.165) is 25.3 Å². The third-order valence-corrected chi connectivity index (χ3v) is 5.50. The monoisotopic (exact) mass is 430 g/mol. The normalized spacial score (nSPS) is 10.8. The van der Waals surface area contributed by atoms with E-state index < -0.39 is 0 Å². The number of nitrogens with one attached hydrogen (secondary N) is 1. The molecule has 0 radical (unpaired) electrons. The summed E-state index contributed by atoms with van der Waals surface area (Å²) in [5.74, 6) is 0.233. The van der Waals surface area contributed by atoms with E-state index in [4.69, 9.17) is 5.73 Å². The van der Waals surface area contributed by atoms with Crippen LogP contribution in [0.25, 0.3) is 5.69 Å². The lowest BCUT2D eigenvalue weighted by Gasteiger charge is -2.18. The molecule has 7 heteroatoms. The summed E-state index contributed by atoms with van der Waals surface area (Å²) in [6.07, 6.45) is 1.21. The highest BCUT2D eigenvalue weighted by Gasteiger charge is 2.16. The zero-order valence-electron chi connectivity index (χ0n) is 18.7. The van der Waals surface area contributed by atoms with Crippen LogP contribution in [0.5, 0.6) is 0 Å². The Morgan fingerprint density at radius 1 is 1.12 bits per heavy atom. The minimum atomic E-state index is -0.103. The van der Waals surface area contributed by atoms with Crippen molar-refractivity contribution in [1.29, 1.82) is 5.26 Å². The Hall–Kier alpha value is -3.63. The predicted octanol–water partition coefficient (Wildman–Crippen LogP) is 3.53. The van der Waals surface area contributed by atoms with E-state index in [1.165, 1.54) is 5.56 Å². The topological polar surface area (TPSA) is 100.0 Å². The summed E-state index contributed by atoms with van der Waals surface area (Å²) in [5.41, 5.74) is 9.82. The molecule has 166 valence electrons. The van der Waals surface area contributed by atoms with Gasteiger partial charge in [-0.05, 0) is 55.8 Å². The van der Waals surface area contributed by atoms with Crippen LogP contribution in [-0.4, -0.2) is 40.2 Å². The molecule has 0 aliphatic rings. The van der Waals surface area contributed by atoms with Crippen LogP contribution in [0.2, 0.25) is 0 Å². The van der Waals surface area contributed by atoms with Crippen molar-refractivity contribution in [3.63, 3.8) is 0 Å². The van der Waals surface area contributed by atoms with E-state index in [1.807, 2.05) is 54.6 Å². The van der Waals surface area contributed by atoms with Crippen molar-refractivity contribution >= 4 is 11.7 Å². The molecule has 1 heterocycles. The Morgan fingerprint density at radius 2 is 1.81 bits per heavy atom. The van der Waals surface area contributed by atoms with Gasteiger partial charge in [-0.25, -0.2) is 4.68 Å². The van der Waals surface area contributed by atoms with Crippen LogP contribution in [0.15, 0.2) is 54.6 Å². The molecule has 0 bridgehead atoms. The van der Waals surface area contributed by atoms with Crippen LogP contribution >= 0.6 is 0 Å². The van der Waals surface area contributed by atoms with E-state index >= 15 is 0 Å². The maximum atomic E-state index is 12.5. The summed E-state index contributed by atoms with van der Waals surface area (Å²) in [6, 6.07) is 19.4. The summed E-state index contributed by atoms with van der Waals surface area (Å²) in [4.78, 5) is 14.8. The van der Waals surface area contributed by atoms with Crippen molar-refractivity contribution in [2.24, 2.45) is 0 Å². The SMILES string of the molecule is CCN(CC)Cc1ccc(C(=O)NCCCc2nn(-c3ccccc3)c(N)c2C#N)cc1. The lowest BCUT2D eigenvalue weighted by atomic mass is 10.1. The summed E-state index contributed by atoms with van der Waals surface area (Å²) in [5, 5.41) is 17.0. The predicted molar refractivity (Wildman–Crippen MR) is 126 cm³/mol. The maximum Gasteiger partial charge on any atom is 0.251 e. The zero-order chi connectivity index (χ0) is 22.9. The highest BCUT2D eigenvalue weighted by atomic mass is 16.1. The minimum absolute atomic E-state index is 0.103. The molecule has 3 N–H and O–H groups in total. The first-order valence-corrected chi connectivity index (χ1v) is 11.0. The van der Waals surface area contributed by atoms with Crippen molar-refractivity contribution in [1.82, 2.24) is 20.0 Å². The van der Waals surface area contributed by atoms with Gasteiger partial charge < -0.3 is 11.1 Å². The fourth-order valence-corrected chi connectivity index (χ4v) is 3.57. The number of rotatable bonds is 10. The third-order valence-electron chi connectivity index (χ3n) is 5.50. The Bertz CT molecular complexity index is 1060. The molecule has 0 saturated heterocycles. The fourth-order valence-electron chi connectivity index (χ4n) is 3.57.